The summed E-state index contributed by atoms with van der Waals surface area (Å²) in [6.45, 7) is 2.39. The Morgan fingerprint density at radius 2 is 2.27 bits per heavy atom. The Labute approximate surface area is 139 Å². The van der Waals surface area contributed by atoms with Crippen LogP contribution in [-0.4, -0.2) is 49.5 Å². The Kier molecular flexibility index (Phi) is 5.44. The molecule has 1 aromatic rings. The third kappa shape index (κ3) is 3.77. The Balaban J connectivity index is 0.00000176. The summed E-state index contributed by atoms with van der Waals surface area (Å²) in [7, 11) is -3.18. The molecule has 0 spiro atoms. The Bertz CT molecular complexity index is 655. The summed E-state index contributed by atoms with van der Waals surface area (Å²) < 4.78 is 24.6. The standard InChI is InChI=1S/C12H18N4O3S2.ClH/c1-21(18,19)16-5-3-9-10(7-16)20-12(14-9)15-11(17)8-2-4-13-6-8;/h8,13H,2-7H2,1H3,(H,14,15,17);1H. The lowest BCUT2D eigenvalue weighted by Crippen LogP contribution is -2.34. The molecule has 1 aromatic heterocycles. The maximum Gasteiger partial charge on any atom is 0.230 e. The molecular formula is C12H19ClN4O3S2. The number of carbonyl (C=O) groups excluding carboxylic acids is 1. The van der Waals surface area contributed by atoms with Crippen LogP contribution in [0.5, 0.6) is 0 Å². The van der Waals surface area contributed by atoms with Crippen LogP contribution in [0.3, 0.4) is 0 Å². The molecule has 3 rings (SSSR count). The van der Waals surface area contributed by atoms with Gasteiger partial charge in [0.15, 0.2) is 5.13 Å². The van der Waals surface area contributed by atoms with E-state index in [1.54, 1.807) is 0 Å². The molecule has 22 heavy (non-hydrogen) atoms. The number of amides is 1. The van der Waals surface area contributed by atoms with Crippen molar-refractivity contribution in [1.82, 2.24) is 14.6 Å². The lowest BCUT2D eigenvalue weighted by molar-refractivity contribution is -0.119. The minimum Gasteiger partial charge on any atom is -0.316 e. The number of rotatable bonds is 3. The van der Waals surface area contributed by atoms with Gasteiger partial charge in [-0.15, -0.1) is 23.7 Å². The summed E-state index contributed by atoms with van der Waals surface area (Å²) in [6, 6.07) is 0. The molecule has 2 N–H and O–H groups in total. The molecule has 0 radical (unpaired) electrons. The average Bonchev–Trinajstić information content (AvgIpc) is 3.05. The highest BCUT2D eigenvalue weighted by molar-refractivity contribution is 7.88. The summed E-state index contributed by atoms with van der Waals surface area (Å²) in [5, 5.41) is 6.59. The molecule has 0 saturated carbocycles. The summed E-state index contributed by atoms with van der Waals surface area (Å²) in [4.78, 5) is 17.4. The van der Waals surface area contributed by atoms with Crippen molar-refractivity contribution in [3.05, 3.63) is 10.6 Å². The monoisotopic (exact) mass is 366 g/mol. The molecule has 2 aliphatic heterocycles. The van der Waals surface area contributed by atoms with Gasteiger partial charge in [0.1, 0.15) is 0 Å². The highest BCUT2D eigenvalue weighted by Gasteiger charge is 2.28. The lowest BCUT2D eigenvalue weighted by Gasteiger charge is -2.23. The van der Waals surface area contributed by atoms with Crippen LogP contribution < -0.4 is 10.6 Å². The van der Waals surface area contributed by atoms with Gasteiger partial charge in [-0.05, 0) is 13.0 Å². The number of nitrogens with one attached hydrogen (secondary N) is 2. The van der Waals surface area contributed by atoms with Gasteiger partial charge >= 0.3 is 0 Å². The fourth-order valence-electron chi connectivity index (χ4n) is 2.59. The first kappa shape index (κ1) is 17.6. The van der Waals surface area contributed by atoms with E-state index in [0.717, 1.165) is 23.5 Å². The molecule has 1 unspecified atom stereocenters. The normalized spacial score (nSPS) is 22.0. The van der Waals surface area contributed by atoms with Gasteiger partial charge in [-0.1, -0.05) is 0 Å². The number of thiazole rings is 1. The topological polar surface area (TPSA) is 91.4 Å². The van der Waals surface area contributed by atoms with Crippen LogP contribution in [-0.2, 0) is 27.8 Å². The molecular weight excluding hydrogens is 348 g/mol. The lowest BCUT2D eigenvalue weighted by atomic mass is 10.1. The van der Waals surface area contributed by atoms with Crippen LogP contribution in [0.4, 0.5) is 5.13 Å². The van der Waals surface area contributed by atoms with Crippen molar-refractivity contribution in [3.63, 3.8) is 0 Å². The van der Waals surface area contributed by atoms with E-state index in [4.69, 9.17) is 0 Å². The maximum absolute atomic E-state index is 12.1. The van der Waals surface area contributed by atoms with Crippen molar-refractivity contribution in [2.75, 3.05) is 31.2 Å². The minimum absolute atomic E-state index is 0. The molecule has 1 saturated heterocycles. The predicted octanol–water partition coefficient (Wildman–Crippen LogP) is 0.431. The van der Waals surface area contributed by atoms with Gasteiger partial charge in [0.25, 0.3) is 0 Å². The van der Waals surface area contributed by atoms with E-state index in [1.807, 2.05) is 0 Å². The van der Waals surface area contributed by atoms with Gasteiger partial charge < -0.3 is 10.6 Å². The van der Waals surface area contributed by atoms with E-state index in [2.05, 4.69) is 15.6 Å². The van der Waals surface area contributed by atoms with Gasteiger partial charge in [-0.2, -0.15) is 4.31 Å². The number of aromatic nitrogens is 1. The van der Waals surface area contributed by atoms with E-state index in [1.165, 1.54) is 21.9 Å². The van der Waals surface area contributed by atoms with E-state index < -0.39 is 10.0 Å². The number of hydrogen-bond acceptors (Lipinski definition) is 6. The highest BCUT2D eigenvalue weighted by atomic mass is 35.5. The summed E-state index contributed by atoms with van der Waals surface area (Å²) in [5.41, 5.74) is 0.903. The second kappa shape index (κ2) is 6.79. The SMILES string of the molecule is CS(=O)(=O)N1CCc2nc(NC(=O)C3CCNC3)sc2C1.Cl. The molecule has 1 atom stereocenters. The first-order valence-corrected chi connectivity index (χ1v) is 9.55. The minimum atomic E-state index is -3.18. The van der Waals surface area contributed by atoms with Crippen molar-refractivity contribution in [1.29, 1.82) is 0 Å². The number of hydrogen-bond donors (Lipinski definition) is 2. The van der Waals surface area contributed by atoms with Crippen molar-refractivity contribution in [2.24, 2.45) is 5.92 Å². The van der Waals surface area contributed by atoms with Gasteiger partial charge in [-0.3, -0.25) is 4.79 Å². The number of anilines is 1. The fraction of sp³-hybridized carbons (Fsp3) is 0.667. The molecule has 0 aromatic carbocycles. The molecule has 0 aliphatic carbocycles. The van der Waals surface area contributed by atoms with Crippen molar-refractivity contribution in [3.8, 4) is 0 Å². The number of nitrogens with zero attached hydrogens (tertiary/aromatic N) is 2. The average molecular weight is 367 g/mol. The zero-order chi connectivity index (χ0) is 15.0. The smallest absolute Gasteiger partial charge is 0.230 e. The number of carbonyl (C=O) groups is 1. The number of halogens is 1. The third-order valence-corrected chi connectivity index (χ3v) is 6.07. The second-order valence-electron chi connectivity index (χ2n) is 5.41. The van der Waals surface area contributed by atoms with Gasteiger partial charge in [0, 0.05) is 30.9 Å². The predicted molar refractivity (Wildman–Crippen MR) is 87.9 cm³/mol. The Morgan fingerprint density at radius 3 is 2.91 bits per heavy atom. The summed E-state index contributed by atoms with van der Waals surface area (Å²) in [6.07, 6.45) is 2.66. The molecule has 7 nitrogen and oxygen atoms in total. The fourth-order valence-corrected chi connectivity index (χ4v) is 4.49. The molecule has 1 fully saturated rings. The van der Waals surface area contributed by atoms with E-state index >= 15 is 0 Å². The van der Waals surface area contributed by atoms with Crippen LogP contribution in [0.15, 0.2) is 0 Å². The highest BCUT2D eigenvalue weighted by Crippen LogP contribution is 2.29. The van der Waals surface area contributed by atoms with Crippen molar-refractivity contribution >= 4 is 44.8 Å². The number of fused-ring (bicyclic) bond motifs is 1. The summed E-state index contributed by atoms with van der Waals surface area (Å²) >= 11 is 1.37. The molecule has 124 valence electrons. The van der Waals surface area contributed by atoms with Gasteiger partial charge in [-0.25, -0.2) is 13.4 Å². The molecule has 2 aliphatic rings. The molecule has 0 bridgehead atoms. The maximum atomic E-state index is 12.1. The number of sulfonamides is 1. The molecule has 3 heterocycles. The van der Waals surface area contributed by atoms with Crippen LogP contribution in [0.1, 0.15) is 17.0 Å². The first-order chi connectivity index (χ1) is 9.93. The largest absolute Gasteiger partial charge is 0.316 e. The van der Waals surface area contributed by atoms with Crippen molar-refractivity contribution < 1.29 is 13.2 Å². The van der Waals surface area contributed by atoms with Gasteiger partial charge in [0.2, 0.25) is 15.9 Å². The van der Waals surface area contributed by atoms with E-state index in [-0.39, 0.29) is 24.2 Å². The first-order valence-electron chi connectivity index (χ1n) is 6.89. The van der Waals surface area contributed by atoms with Gasteiger partial charge in [0.05, 0.1) is 17.9 Å². The zero-order valence-corrected chi connectivity index (χ0v) is 14.6. The van der Waals surface area contributed by atoms with Crippen LogP contribution in [0.2, 0.25) is 0 Å². The Morgan fingerprint density at radius 1 is 1.50 bits per heavy atom. The second-order valence-corrected chi connectivity index (χ2v) is 8.48. The van der Waals surface area contributed by atoms with Crippen molar-refractivity contribution in [2.45, 2.75) is 19.4 Å². The Hall–Kier alpha value is -0.740. The van der Waals surface area contributed by atoms with E-state index in [0.29, 0.717) is 31.2 Å². The third-order valence-electron chi connectivity index (χ3n) is 3.83. The molecule has 1 amide bonds. The summed E-state index contributed by atoms with van der Waals surface area (Å²) in [5.74, 6) is -0.00971. The molecule has 10 heteroatoms. The zero-order valence-electron chi connectivity index (χ0n) is 12.2. The van der Waals surface area contributed by atoms with Crippen LogP contribution in [0, 0.1) is 5.92 Å². The van der Waals surface area contributed by atoms with Crippen LogP contribution >= 0.6 is 23.7 Å². The van der Waals surface area contributed by atoms with Crippen LogP contribution in [0.25, 0.3) is 0 Å². The van der Waals surface area contributed by atoms with E-state index in [9.17, 15) is 13.2 Å². The quantitative estimate of drug-likeness (QED) is 0.809.